The summed E-state index contributed by atoms with van der Waals surface area (Å²) < 4.78 is 7.63. The summed E-state index contributed by atoms with van der Waals surface area (Å²) in [5.74, 6) is 1.01. The van der Waals surface area contributed by atoms with Crippen molar-refractivity contribution < 1.29 is 9.53 Å². The SMILES string of the molecule is C[C@@H]1OCCC[C@@H]1C(=O)N1CCC(Cn2cccn2)CC1. The van der Waals surface area contributed by atoms with Gasteiger partial charge in [-0.1, -0.05) is 0 Å². The second-order valence-corrected chi connectivity index (χ2v) is 6.32. The van der Waals surface area contributed by atoms with Crippen molar-refractivity contribution in [2.75, 3.05) is 19.7 Å². The van der Waals surface area contributed by atoms with Crippen LogP contribution in [0, 0.1) is 11.8 Å². The molecule has 21 heavy (non-hydrogen) atoms. The first-order chi connectivity index (χ1) is 10.2. The highest BCUT2D eigenvalue weighted by atomic mass is 16.5. The number of hydrogen-bond acceptors (Lipinski definition) is 3. The Morgan fingerprint density at radius 3 is 2.81 bits per heavy atom. The molecule has 1 aromatic rings. The first-order valence-electron chi connectivity index (χ1n) is 8.12. The van der Waals surface area contributed by atoms with Crippen LogP contribution in [-0.4, -0.2) is 46.4 Å². The van der Waals surface area contributed by atoms with Gasteiger partial charge in [-0.25, -0.2) is 0 Å². The molecule has 2 saturated heterocycles. The third-order valence-corrected chi connectivity index (χ3v) is 4.85. The highest BCUT2D eigenvalue weighted by Crippen LogP contribution is 2.26. The zero-order valence-corrected chi connectivity index (χ0v) is 12.8. The van der Waals surface area contributed by atoms with E-state index in [1.807, 2.05) is 30.1 Å². The topological polar surface area (TPSA) is 47.4 Å². The summed E-state index contributed by atoms with van der Waals surface area (Å²) in [6.45, 7) is 5.57. The molecule has 5 heteroatoms. The van der Waals surface area contributed by atoms with E-state index in [-0.39, 0.29) is 12.0 Å². The number of piperidine rings is 1. The molecule has 2 aliphatic rings. The van der Waals surface area contributed by atoms with Gasteiger partial charge in [0.05, 0.1) is 12.0 Å². The fraction of sp³-hybridized carbons (Fsp3) is 0.750. The fourth-order valence-electron chi connectivity index (χ4n) is 3.49. The van der Waals surface area contributed by atoms with Crippen molar-refractivity contribution in [1.29, 1.82) is 0 Å². The molecule has 0 bridgehead atoms. The molecule has 2 fully saturated rings. The van der Waals surface area contributed by atoms with Crippen molar-refractivity contribution in [2.45, 2.75) is 45.3 Å². The lowest BCUT2D eigenvalue weighted by Gasteiger charge is -2.37. The van der Waals surface area contributed by atoms with Gasteiger partial charge >= 0.3 is 0 Å². The molecule has 0 aliphatic carbocycles. The molecule has 0 spiro atoms. The number of carbonyl (C=O) groups excluding carboxylic acids is 1. The highest BCUT2D eigenvalue weighted by Gasteiger charge is 2.33. The fourth-order valence-corrected chi connectivity index (χ4v) is 3.49. The summed E-state index contributed by atoms with van der Waals surface area (Å²) in [4.78, 5) is 14.7. The van der Waals surface area contributed by atoms with Crippen LogP contribution in [-0.2, 0) is 16.1 Å². The molecule has 2 aliphatic heterocycles. The van der Waals surface area contributed by atoms with Gasteiger partial charge in [-0.05, 0) is 44.6 Å². The molecule has 0 N–H and O–H groups in total. The Balaban J connectivity index is 1.49. The minimum Gasteiger partial charge on any atom is -0.378 e. The molecule has 0 saturated carbocycles. The predicted octanol–water partition coefficient (Wildman–Crippen LogP) is 1.94. The second-order valence-electron chi connectivity index (χ2n) is 6.32. The monoisotopic (exact) mass is 291 g/mol. The van der Waals surface area contributed by atoms with E-state index >= 15 is 0 Å². The average Bonchev–Trinajstić information content (AvgIpc) is 3.01. The van der Waals surface area contributed by atoms with Gasteiger partial charge in [-0.2, -0.15) is 5.10 Å². The van der Waals surface area contributed by atoms with Crippen molar-refractivity contribution in [3.63, 3.8) is 0 Å². The third kappa shape index (κ3) is 3.46. The largest absolute Gasteiger partial charge is 0.378 e. The van der Waals surface area contributed by atoms with Crippen LogP contribution in [0.2, 0.25) is 0 Å². The molecule has 3 rings (SSSR count). The van der Waals surface area contributed by atoms with E-state index in [2.05, 4.69) is 10.00 Å². The lowest BCUT2D eigenvalue weighted by molar-refractivity contribution is -0.145. The Labute approximate surface area is 126 Å². The van der Waals surface area contributed by atoms with Crippen molar-refractivity contribution in [3.8, 4) is 0 Å². The van der Waals surface area contributed by atoms with Crippen LogP contribution < -0.4 is 0 Å². The van der Waals surface area contributed by atoms with Gasteiger partial charge in [0, 0.05) is 38.6 Å². The first-order valence-corrected chi connectivity index (χ1v) is 8.12. The Morgan fingerprint density at radius 1 is 1.33 bits per heavy atom. The number of rotatable bonds is 3. The molecule has 5 nitrogen and oxygen atoms in total. The average molecular weight is 291 g/mol. The van der Waals surface area contributed by atoms with Gasteiger partial charge in [0.2, 0.25) is 5.91 Å². The Morgan fingerprint density at radius 2 is 2.14 bits per heavy atom. The standard InChI is InChI=1S/C16H25N3O2/c1-13-15(4-2-11-21-13)16(20)18-9-5-14(6-10-18)12-19-8-3-7-17-19/h3,7-8,13-15H,2,4-6,9-12H2,1H3/t13-,15-/m0/s1. The summed E-state index contributed by atoms with van der Waals surface area (Å²) in [5, 5.41) is 4.27. The molecule has 0 unspecified atom stereocenters. The van der Waals surface area contributed by atoms with E-state index in [9.17, 15) is 4.79 Å². The van der Waals surface area contributed by atoms with Crippen LogP contribution >= 0.6 is 0 Å². The highest BCUT2D eigenvalue weighted by molar-refractivity contribution is 5.79. The number of likely N-dealkylation sites (tertiary alicyclic amines) is 1. The van der Waals surface area contributed by atoms with Crippen LogP contribution in [0.5, 0.6) is 0 Å². The Bertz CT molecular complexity index is 452. The summed E-state index contributed by atoms with van der Waals surface area (Å²) >= 11 is 0. The third-order valence-electron chi connectivity index (χ3n) is 4.85. The molecule has 116 valence electrons. The van der Waals surface area contributed by atoms with Gasteiger partial charge in [0.25, 0.3) is 0 Å². The van der Waals surface area contributed by atoms with Crippen molar-refractivity contribution in [3.05, 3.63) is 18.5 Å². The maximum absolute atomic E-state index is 12.6. The molecule has 1 aromatic heterocycles. The smallest absolute Gasteiger partial charge is 0.228 e. The first kappa shape index (κ1) is 14.6. The summed E-state index contributed by atoms with van der Waals surface area (Å²) in [5.41, 5.74) is 0. The van der Waals surface area contributed by atoms with Crippen LogP contribution in [0.4, 0.5) is 0 Å². The van der Waals surface area contributed by atoms with Gasteiger partial charge in [-0.15, -0.1) is 0 Å². The Kier molecular flexibility index (Phi) is 4.58. The normalized spacial score (nSPS) is 27.8. The van der Waals surface area contributed by atoms with E-state index in [0.29, 0.717) is 11.8 Å². The van der Waals surface area contributed by atoms with Crippen LogP contribution in [0.3, 0.4) is 0 Å². The van der Waals surface area contributed by atoms with Gasteiger partial charge in [-0.3, -0.25) is 9.48 Å². The van der Waals surface area contributed by atoms with Crippen LogP contribution in [0.25, 0.3) is 0 Å². The van der Waals surface area contributed by atoms with Crippen LogP contribution in [0.1, 0.15) is 32.6 Å². The molecule has 0 radical (unpaired) electrons. The maximum atomic E-state index is 12.6. The predicted molar refractivity (Wildman–Crippen MR) is 79.7 cm³/mol. The molecule has 2 atom stereocenters. The van der Waals surface area contributed by atoms with E-state index in [0.717, 1.165) is 51.9 Å². The van der Waals surface area contributed by atoms with E-state index in [1.165, 1.54) is 0 Å². The number of carbonyl (C=O) groups is 1. The van der Waals surface area contributed by atoms with Crippen molar-refractivity contribution in [1.82, 2.24) is 14.7 Å². The minimum absolute atomic E-state index is 0.0708. The maximum Gasteiger partial charge on any atom is 0.228 e. The molecule has 1 amide bonds. The van der Waals surface area contributed by atoms with Crippen molar-refractivity contribution >= 4 is 5.91 Å². The summed E-state index contributed by atoms with van der Waals surface area (Å²) in [6.07, 6.45) is 8.06. The van der Waals surface area contributed by atoms with Gasteiger partial charge < -0.3 is 9.64 Å². The zero-order chi connectivity index (χ0) is 14.7. The van der Waals surface area contributed by atoms with E-state index in [4.69, 9.17) is 4.74 Å². The second kappa shape index (κ2) is 6.60. The number of amides is 1. The lowest BCUT2D eigenvalue weighted by atomic mass is 9.91. The number of ether oxygens (including phenoxy) is 1. The lowest BCUT2D eigenvalue weighted by Crippen LogP contribution is -2.46. The molecular weight excluding hydrogens is 266 g/mol. The number of hydrogen-bond donors (Lipinski definition) is 0. The van der Waals surface area contributed by atoms with Gasteiger partial charge in [0.1, 0.15) is 0 Å². The zero-order valence-electron chi connectivity index (χ0n) is 12.8. The minimum atomic E-state index is 0.0708. The number of aromatic nitrogens is 2. The Hall–Kier alpha value is -1.36. The summed E-state index contributed by atoms with van der Waals surface area (Å²) in [7, 11) is 0. The van der Waals surface area contributed by atoms with Crippen molar-refractivity contribution in [2.24, 2.45) is 11.8 Å². The van der Waals surface area contributed by atoms with Crippen LogP contribution in [0.15, 0.2) is 18.5 Å². The van der Waals surface area contributed by atoms with E-state index < -0.39 is 0 Å². The molecule has 3 heterocycles. The van der Waals surface area contributed by atoms with Gasteiger partial charge in [0.15, 0.2) is 0 Å². The molecule has 0 aromatic carbocycles. The van der Waals surface area contributed by atoms with E-state index in [1.54, 1.807) is 0 Å². The number of nitrogens with zero attached hydrogens (tertiary/aromatic N) is 3. The molecular formula is C16H25N3O2. The quantitative estimate of drug-likeness (QED) is 0.855. The summed E-state index contributed by atoms with van der Waals surface area (Å²) in [6, 6.07) is 1.96.